The monoisotopic (exact) mass is 342 g/mol. The van der Waals surface area contributed by atoms with Crippen LogP contribution in [0, 0.1) is 0 Å². The molecule has 0 saturated carbocycles. The Morgan fingerprint density at radius 2 is 2.00 bits per heavy atom. The molecule has 0 atom stereocenters. The summed E-state index contributed by atoms with van der Waals surface area (Å²) in [6.07, 6.45) is 8.11. The molecule has 3 nitrogen and oxygen atoms in total. The lowest BCUT2D eigenvalue weighted by molar-refractivity contribution is 0.700. The van der Waals surface area contributed by atoms with Gasteiger partial charge in [-0.2, -0.15) is 0 Å². The van der Waals surface area contributed by atoms with E-state index in [4.69, 9.17) is 11.6 Å². The molecule has 2 heterocycles. The second kappa shape index (κ2) is 5.95. The lowest BCUT2D eigenvalue weighted by Crippen LogP contribution is -2.11. The fourth-order valence-corrected chi connectivity index (χ4v) is 4.51. The van der Waals surface area contributed by atoms with Crippen LogP contribution in [-0.4, -0.2) is 9.97 Å². The molecular formula is C18H15ClN2OS. The topological polar surface area (TPSA) is 45.8 Å². The van der Waals surface area contributed by atoms with Gasteiger partial charge in [0.2, 0.25) is 0 Å². The standard InChI is InChI=1S/C18H15ClN2OS/c19-13-7-3-1-5-11(13)9-10-15-20-17(22)16-12-6-2-4-8-14(12)23-18(16)21-15/h1,3,5,7,9-10H,2,4,6,8H2,(H,20,21,22)/b10-9+. The van der Waals surface area contributed by atoms with Gasteiger partial charge in [0, 0.05) is 9.90 Å². The molecule has 0 amide bonds. The van der Waals surface area contributed by atoms with E-state index in [1.807, 2.05) is 30.3 Å². The van der Waals surface area contributed by atoms with Crippen molar-refractivity contribution in [1.82, 2.24) is 9.97 Å². The summed E-state index contributed by atoms with van der Waals surface area (Å²) in [6, 6.07) is 7.59. The quantitative estimate of drug-likeness (QED) is 0.734. The first-order chi connectivity index (χ1) is 11.2. The number of nitrogens with zero attached hydrogens (tertiary/aromatic N) is 1. The maximum atomic E-state index is 12.5. The summed E-state index contributed by atoms with van der Waals surface area (Å²) >= 11 is 7.81. The zero-order chi connectivity index (χ0) is 15.8. The summed E-state index contributed by atoms with van der Waals surface area (Å²) in [5, 5.41) is 1.47. The van der Waals surface area contributed by atoms with Gasteiger partial charge in [0.15, 0.2) is 0 Å². The Morgan fingerprint density at radius 1 is 1.17 bits per heavy atom. The minimum absolute atomic E-state index is 0.0341. The average molecular weight is 343 g/mol. The Balaban J connectivity index is 1.77. The summed E-state index contributed by atoms with van der Waals surface area (Å²) in [6.45, 7) is 0. The molecule has 0 radical (unpaired) electrons. The van der Waals surface area contributed by atoms with Crippen LogP contribution in [0.1, 0.15) is 34.7 Å². The number of hydrogen-bond acceptors (Lipinski definition) is 3. The van der Waals surface area contributed by atoms with Crippen LogP contribution in [-0.2, 0) is 12.8 Å². The van der Waals surface area contributed by atoms with E-state index in [1.54, 1.807) is 17.4 Å². The third kappa shape index (κ3) is 2.73. The minimum Gasteiger partial charge on any atom is -0.306 e. The summed E-state index contributed by atoms with van der Waals surface area (Å²) in [4.78, 5) is 22.1. The number of hydrogen-bond donors (Lipinski definition) is 1. The molecule has 4 rings (SSSR count). The van der Waals surface area contributed by atoms with E-state index in [1.165, 1.54) is 16.9 Å². The van der Waals surface area contributed by atoms with E-state index in [9.17, 15) is 4.79 Å². The van der Waals surface area contributed by atoms with Crippen molar-refractivity contribution in [2.45, 2.75) is 25.7 Å². The summed E-state index contributed by atoms with van der Waals surface area (Å²) in [5.74, 6) is 0.570. The SMILES string of the molecule is O=c1[nH]c(/C=C/c2ccccc2Cl)nc2sc3c(c12)CCCC3. The lowest BCUT2D eigenvalue weighted by Gasteiger charge is -2.09. The van der Waals surface area contributed by atoms with Gasteiger partial charge in [0.25, 0.3) is 5.56 Å². The highest BCUT2D eigenvalue weighted by molar-refractivity contribution is 7.18. The Kier molecular flexibility index (Phi) is 3.79. The van der Waals surface area contributed by atoms with Crippen molar-refractivity contribution >= 4 is 45.3 Å². The van der Waals surface area contributed by atoms with Crippen LogP contribution < -0.4 is 5.56 Å². The van der Waals surface area contributed by atoms with Crippen molar-refractivity contribution in [3.05, 3.63) is 61.5 Å². The number of fused-ring (bicyclic) bond motifs is 3. The number of thiophene rings is 1. The molecule has 116 valence electrons. The van der Waals surface area contributed by atoms with Crippen molar-refractivity contribution in [3.63, 3.8) is 0 Å². The van der Waals surface area contributed by atoms with Gasteiger partial charge >= 0.3 is 0 Å². The average Bonchev–Trinajstić information content (AvgIpc) is 2.93. The third-order valence-electron chi connectivity index (χ3n) is 4.17. The largest absolute Gasteiger partial charge is 0.306 e. The predicted molar refractivity (Wildman–Crippen MR) is 97.3 cm³/mol. The normalized spacial score (nSPS) is 14.5. The Bertz CT molecular complexity index is 971. The number of aryl methyl sites for hydroxylation is 2. The zero-order valence-corrected chi connectivity index (χ0v) is 14.0. The zero-order valence-electron chi connectivity index (χ0n) is 12.4. The Labute approximate surface area is 142 Å². The first-order valence-corrected chi connectivity index (χ1v) is 8.89. The van der Waals surface area contributed by atoms with Gasteiger partial charge in [0.05, 0.1) is 5.39 Å². The maximum Gasteiger partial charge on any atom is 0.260 e. The van der Waals surface area contributed by atoms with Gasteiger partial charge in [0.1, 0.15) is 10.7 Å². The number of aromatic amines is 1. The van der Waals surface area contributed by atoms with E-state index in [0.29, 0.717) is 10.8 Å². The molecule has 1 aliphatic rings. The second-order valence-electron chi connectivity index (χ2n) is 5.70. The van der Waals surface area contributed by atoms with Gasteiger partial charge in [-0.3, -0.25) is 4.79 Å². The lowest BCUT2D eigenvalue weighted by atomic mass is 9.97. The van der Waals surface area contributed by atoms with Gasteiger partial charge in [-0.05, 0) is 55.0 Å². The molecule has 0 fully saturated rings. The van der Waals surface area contributed by atoms with Gasteiger partial charge in [-0.1, -0.05) is 29.8 Å². The van der Waals surface area contributed by atoms with Crippen LogP contribution in [0.5, 0.6) is 0 Å². The molecule has 2 aromatic heterocycles. The van der Waals surface area contributed by atoms with Crippen LogP contribution in [0.25, 0.3) is 22.4 Å². The fourth-order valence-electron chi connectivity index (χ4n) is 3.04. The number of aromatic nitrogens is 2. The molecule has 0 aliphatic heterocycles. The number of nitrogens with one attached hydrogen (secondary N) is 1. The van der Waals surface area contributed by atoms with E-state index < -0.39 is 0 Å². The molecule has 5 heteroatoms. The Hall–Kier alpha value is -1.91. The molecule has 1 N–H and O–H groups in total. The van der Waals surface area contributed by atoms with Crippen LogP contribution >= 0.6 is 22.9 Å². The van der Waals surface area contributed by atoms with Gasteiger partial charge in [-0.25, -0.2) is 4.98 Å². The van der Waals surface area contributed by atoms with Crippen LogP contribution in [0.2, 0.25) is 5.02 Å². The second-order valence-corrected chi connectivity index (χ2v) is 7.19. The summed E-state index contributed by atoms with van der Waals surface area (Å²) < 4.78 is 0. The van der Waals surface area contributed by atoms with Crippen LogP contribution in [0.3, 0.4) is 0 Å². The number of halogens is 1. The number of H-pyrrole nitrogens is 1. The molecule has 0 unspecified atom stereocenters. The van der Waals surface area contributed by atoms with E-state index in [-0.39, 0.29) is 5.56 Å². The van der Waals surface area contributed by atoms with Crippen molar-refractivity contribution in [2.75, 3.05) is 0 Å². The molecule has 23 heavy (non-hydrogen) atoms. The maximum absolute atomic E-state index is 12.5. The molecular weight excluding hydrogens is 328 g/mol. The molecule has 0 spiro atoms. The van der Waals surface area contributed by atoms with Crippen LogP contribution in [0.15, 0.2) is 29.1 Å². The van der Waals surface area contributed by atoms with Gasteiger partial charge < -0.3 is 4.98 Å². The number of rotatable bonds is 2. The summed E-state index contributed by atoms with van der Waals surface area (Å²) in [5.41, 5.74) is 2.09. The van der Waals surface area contributed by atoms with Crippen molar-refractivity contribution < 1.29 is 0 Å². The Morgan fingerprint density at radius 3 is 2.87 bits per heavy atom. The first-order valence-electron chi connectivity index (χ1n) is 7.69. The smallest absolute Gasteiger partial charge is 0.260 e. The highest BCUT2D eigenvalue weighted by Crippen LogP contribution is 2.33. The third-order valence-corrected chi connectivity index (χ3v) is 5.70. The highest BCUT2D eigenvalue weighted by Gasteiger charge is 2.19. The van der Waals surface area contributed by atoms with Crippen molar-refractivity contribution in [3.8, 4) is 0 Å². The van der Waals surface area contributed by atoms with Gasteiger partial charge in [-0.15, -0.1) is 11.3 Å². The molecule has 3 aromatic rings. The molecule has 0 saturated heterocycles. The van der Waals surface area contributed by atoms with Crippen molar-refractivity contribution in [2.24, 2.45) is 0 Å². The predicted octanol–water partition coefficient (Wildman–Crippen LogP) is 4.69. The molecule has 1 aromatic carbocycles. The van der Waals surface area contributed by atoms with Crippen molar-refractivity contribution in [1.29, 1.82) is 0 Å². The van der Waals surface area contributed by atoms with E-state index >= 15 is 0 Å². The summed E-state index contributed by atoms with van der Waals surface area (Å²) in [7, 11) is 0. The number of benzene rings is 1. The first kappa shape index (κ1) is 14.7. The highest BCUT2D eigenvalue weighted by atomic mass is 35.5. The van der Waals surface area contributed by atoms with Crippen LogP contribution in [0.4, 0.5) is 0 Å². The fraction of sp³-hybridized carbons (Fsp3) is 0.222. The molecule has 0 bridgehead atoms. The van der Waals surface area contributed by atoms with E-state index in [2.05, 4.69) is 9.97 Å². The van der Waals surface area contributed by atoms with E-state index in [0.717, 1.165) is 35.0 Å². The molecule has 1 aliphatic carbocycles. The minimum atomic E-state index is -0.0341.